The van der Waals surface area contributed by atoms with Crippen LogP contribution in [0.15, 0.2) is 24.3 Å². The Bertz CT molecular complexity index is 323. The fourth-order valence-electron chi connectivity index (χ4n) is 1.23. The Morgan fingerprint density at radius 2 is 2.29 bits per heavy atom. The summed E-state index contributed by atoms with van der Waals surface area (Å²) in [5.41, 5.74) is 7.60. The first-order valence-electron chi connectivity index (χ1n) is 4.64. The average molecular weight is 193 g/mol. The normalized spacial score (nSPS) is 12.2. The number of ether oxygens (including phenoxy) is 1. The number of carbonyl (C=O) groups excluding carboxylic acids is 1. The Morgan fingerprint density at radius 3 is 2.86 bits per heavy atom. The number of nitrogens with two attached hydrogens (primary N) is 1. The molecule has 14 heavy (non-hydrogen) atoms. The van der Waals surface area contributed by atoms with Crippen LogP contribution >= 0.6 is 0 Å². The molecule has 1 rings (SSSR count). The molecule has 0 spiro atoms. The summed E-state index contributed by atoms with van der Waals surface area (Å²) in [5.74, 6) is -0.377. The average Bonchev–Trinajstić information content (AvgIpc) is 2.17. The third-order valence-corrected chi connectivity index (χ3v) is 1.94. The summed E-state index contributed by atoms with van der Waals surface area (Å²) >= 11 is 0. The van der Waals surface area contributed by atoms with Crippen LogP contribution in [-0.4, -0.2) is 12.6 Å². The van der Waals surface area contributed by atoms with Crippen LogP contribution in [0.4, 0.5) is 0 Å². The van der Waals surface area contributed by atoms with Crippen LogP contribution < -0.4 is 5.73 Å². The summed E-state index contributed by atoms with van der Waals surface area (Å²) in [5, 5.41) is 0. The molecule has 0 saturated heterocycles. The van der Waals surface area contributed by atoms with Crippen molar-refractivity contribution in [2.75, 3.05) is 6.61 Å². The lowest BCUT2D eigenvalue weighted by Gasteiger charge is -2.10. The first kappa shape index (κ1) is 10.7. The third-order valence-electron chi connectivity index (χ3n) is 1.94. The van der Waals surface area contributed by atoms with Crippen molar-refractivity contribution in [3.8, 4) is 0 Å². The molecule has 3 heteroatoms. The fraction of sp³-hybridized carbons (Fsp3) is 0.364. The van der Waals surface area contributed by atoms with Crippen molar-refractivity contribution in [3.05, 3.63) is 35.4 Å². The van der Waals surface area contributed by atoms with Gasteiger partial charge >= 0.3 is 5.97 Å². The number of aryl methyl sites for hydroxylation is 1. The second-order valence-corrected chi connectivity index (χ2v) is 3.14. The van der Waals surface area contributed by atoms with Gasteiger partial charge in [-0.3, -0.25) is 0 Å². The minimum atomic E-state index is -0.671. The van der Waals surface area contributed by atoms with Gasteiger partial charge < -0.3 is 10.5 Å². The summed E-state index contributed by atoms with van der Waals surface area (Å²) in [7, 11) is 0. The zero-order valence-corrected chi connectivity index (χ0v) is 8.49. The second-order valence-electron chi connectivity index (χ2n) is 3.14. The molecule has 0 amide bonds. The highest BCUT2D eigenvalue weighted by molar-refractivity contribution is 5.77. The maximum atomic E-state index is 11.3. The molecule has 0 fully saturated rings. The van der Waals surface area contributed by atoms with Crippen LogP contribution in [0.25, 0.3) is 0 Å². The van der Waals surface area contributed by atoms with E-state index in [0.717, 1.165) is 11.1 Å². The van der Waals surface area contributed by atoms with Gasteiger partial charge in [0.15, 0.2) is 0 Å². The molecule has 0 aliphatic rings. The van der Waals surface area contributed by atoms with Crippen LogP contribution in [0, 0.1) is 6.92 Å². The van der Waals surface area contributed by atoms with Gasteiger partial charge in [0.2, 0.25) is 0 Å². The molecule has 76 valence electrons. The topological polar surface area (TPSA) is 52.3 Å². The molecule has 1 aromatic carbocycles. The molecular weight excluding hydrogens is 178 g/mol. The van der Waals surface area contributed by atoms with Crippen molar-refractivity contribution in [2.24, 2.45) is 5.73 Å². The van der Waals surface area contributed by atoms with Gasteiger partial charge in [0.05, 0.1) is 6.61 Å². The monoisotopic (exact) mass is 193 g/mol. The number of hydrogen-bond acceptors (Lipinski definition) is 3. The lowest BCUT2D eigenvalue weighted by molar-refractivity contribution is -0.144. The van der Waals surface area contributed by atoms with Crippen LogP contribution in [-0.2, 0) is 9.53 Å². The molecule has 3 nitrogen and oxygen atoms in total. The summed E-state index contributed by atoms with van der Waals surface area (Å²) in [6.45, 7) is 4.08. The van der Waals surface area contributed by atoms with E-state index in [9.17, 15) is 4.79 Å². The van der Waals surface area contributed by atoms with Crippen molar-refractivity contribution in [2.45, 2.75) is 19.9 Å². The van der Waals surface area contributed by atoms with E-state index in [1.165, 1.54) is 0 Å². The third kappa shape index (κ3) is 2.57. The first-order valence-corrected chi connectivity index (χ1v) is 4.64. The van der Waals surface area contributed by atoms with Crippen LogP contribution in [0.1, 0.15) is 24.1 Å². The maximum Gasteiger partial charge on any atom is 0.327 e. The van der Waals surface area contributed by atoms with Crippen molar-refractivity contribution in [3.63, 3.8) is 0 Å². The molecule has 1 atom stereocenters. The molecule has 0 saturated carbocycles. The number of benzene rings is 1. The Hall–Kier alpha value is -1.35. The van der Waals surface area contributed by atoms with Crippen molar-refractivity contribution >= 4 is 5.97 Å². The highest BCUT2D eigenvalue weighted by Crippen LogP contribution is 2.13. The van der Waals surface area contributed by atoms with E-state index in [4.69, 9.17) is 10.5 Å². The number of esters is 1. The Morgan fingerprint density at radius 1 is 1.57 bits per heavy atom. The van der Waals surface area contributed by atoms with Gasteiger partial charge in [0, 0.05) is 0 Å². The minimum Gasteiger partial charge on any atom is -0.465 e. The summed E-state index contributed by atoms with van der Waals surface area (Å²) in [4.78, 5) is 11.3. The molecule has 0 heterocycles. The smallest absolute Gasteiger partial charge is 0.327 e. The lowest BCUT2D eigenvalue weighted by atomic mass is 10.1. The maximum absolute atomic E-state index is 11.3. The van der Waals surface area contributed by atoms with E-state index in [1.54, 1.807) is 6.92 Å². The standard InChI is InChI=1S/C11H15NO2/c1-3-14-11(13)10(12)9-6-4-5-8(2)7-9/h4-7,10H,3,12H2,1-2H3. The van der Waals surface area contributed by atoms with E-state index in [-0.39, 0.29) is 5.97 Å². The fourth-order valence-corrected chi connectivity index (χ4v) is 1.23. The molecule has 0 aromatic heterocycles. The lowest BCUT2D eigenvalue weighted by Crippen LogP contribution is -2.23. The Labute approximate surface area is 83.9 Å². The zero-order valence-electron chi connectivity index (χ0n) is 8.49. The molecule has 0 bridgehead atoms. The van der Waals surface area contributed by atoms with Crippen LogP contribution in [0.5, 0.6) is 0 Å². The highest BCUT2D eigenvalue weighted by atomic mass is 16.5. The SMILES string of the molecule is CCOC(=O)C(N)c1cccc(C)c1. The van der Waals surface area contributed by atoms with Crippen LogP contribution in [0.2, 0.25) is 0 Å². The summed E-state index contributed by atoms with van der Waals surface area (Å²) < 4.78 is 4.83. The second kappa shape index (κ2) is 4.77. The predicted molar refractivity (Wildman–Crippen MR) is 54.7 cm³/mol. The van der Waals surface area contributed by atoms with E-state index in [0.29, 0.717) is 6.61 Å². The van der Waals surface area contributed by atoms with E-state index < -0.39 is 6.04 Å². The van der Waals surface area contributed by atoms with Crippen molar-refractivity contribution in [1.82, 2.24) is 0 Å². The predicted octanol–water partition coefficient (Wildman–Crippen LogP) is 1.56. The quantitative estimate of drug-likeness (QED) is 0.741. The van der Waals surface area contributed by atoms with Gasteiger partial charge in [0.25, 0.3) is 0 Å². The van der Waals surface area contributed by atoms with Crippen LogP contribution in [0.3, 0.4) is 0 Å². The van der Waals surface area contributed by atoms with Gasteiger partial charge in [-0.2, -0.15) is 0 Å². The zero-order chi connectivity index (χ0) is 10.6. The van der Waals surface area contributed by atoms with Gasteiger partial charge in [-0.25, -0.2) is 4.79 Å². The summed E-state index contributed by atoms with van der Waals surface area (Å²) in [6, 6.07) is 6.89. The highest BCUT2D eigenvalue weighted by Gasteiger charge is 2.16. The molecule has 2 N–H and O–H groups in total. The molecule has 1 aromatic rings. The molecule has 1 unspecified atom stereocenters. The number of hydrogen-bond donors (Lipinski definition) is 1. The van der Waals surface area contributed by atoms with Gasteiger partial charge in [-0.05, 0) is 19.4 Å². The summed E-state index contributed by atoms with van der Waals surface area (Å²) in [6.07, 6.45) is 0. The van der Waals surface area contributed by atoms with Gasteiger partial charge in [0.1, 0.15) is 6.04 Å². The molecule has 0 radical (unpaired) electrons. The molecule has 0 aliphatic heterocycles. The Balaban J connectivity index is 2.78. The van der Waals surface area contributed by atoms with Gasteiger partial charge in [-0.1, -0.05) is 29.8 Å². The first-order chi connectivity index (χ1) is 6.65. The van der Waals surface area contributed by atoms with Crippen molar-refractivity contribution in [1.29, 1.82) is 0 Å². The molecular formula is C11H15NO2. The largest absolute Gasteiger partial charge is 0.465 e. The van der Waals surface area contributed by atoms with Gasteiger partial charge in [-0.15, -0.1) is 0 Å². The van der Waals surface area contributed by atoms with Crippen molar-refractivity contribution < 1.29 is 9.53 Å². The minimum absolute atomic E-state index is 0.359. The van der Waals surface area contributed by atoms with E-state index >= 15 is 0 Å². The number of rotatable bonds is 3. The molecule has 0 aliphatic carbocycles. The van der Waals surface area contributed by atoms with E-state index in [2.05, 4.69) is 0 Å². The number of carbonyl (C=O) groups is 1. The van der Waals surface area contributed by atoms with E-state index in [1.807, 2.05) is 31.2 Å². The Kier molecular flexibility index (Phi) is 3.65.